The number of esters is 1. The molecule has 0 saturated heterocycles. The number of hydrogen-bond donors (Lipinski definition) is 2. The molecule has 0 bridgehead atoms. The molecule has 2 N–H and O–H groups in total. The summed E-state index contributed by atoms with van der Waals surface area (Å²) in [5, 5.41) is 3.25. The van der Waals surface area contributed by atoms with Crippen LogP contribution in [0.2, 0.25) is 0 Å². The van der Waals surface area contributed by atoms with E-state index in [4.69, 9.17) is 0 Å². The van der Waals surface area contributed by atoms with Gasteiger partial charge in [0.1, 0.15) is 0 Å². The minimum Gasteiger partial charge on any atom is -0.469 e. The van der Waals surface area contributed by atoms with Crippen LogP contribution in [0.1, 0.15) is 29.5 Å². The van der Waals surface area contributed by atoms with Gasteiger partial charge in [-0.1, -0.05) is 18.2 Å². The summed E-state index contributed by atoms with van der Waals surface area (Å²) in [4.78, 5) is 10.9. The van der Waals surface area contributed by atoms with Crippen LogP contribution in [0.5, 0.6) is 0 Å². The fourth-order valence-electron chi connectivity index (χ4n) is 2.23. The third-order valence-corrected chi connectivity index (χ3v) is 4.83. The Balaban J connectivity index is 1.82. The van der Waals surface area contributed by atoms with Crippen molar-refractivity contribution < 1.29 is 17.9 Å². The lowest BCUT2D eigenvalue weighted by molar-refractivity contribution is -0.140. The van der Waals surface area contributed by atoms with Gasteiger partial charge in [0.2, 0.25) is 10.0 Å². The van der Waals surface area contributed by atoms with E-state index >= 15 is 0 Å². The van der Waals surface area contributed by atoms with Gasteiger partial charge in [0.15, 0.2) is 0 Å². The lowest BCUT2D eigenvalue weighted by Crippen LogP contribution is -2.26. The Kier molecular flexibility index (Phi) is 5.33. The van der Waals surface area contributed by atoms with E-state index in [-0.39, 0.29) is 25.1 Å². The van der Waals surface area contributed by atoms with Gasteiger partial charge in [0, 0.05) is 26.1 Å². The highest BCUT2D eigenvalue weighted by Gasteiger charge is 2.13. The molecule has 1 aromatic carbocycles. The number of fused-ring (bicyclic) bond motifs is 1. The number of hydrogen-bond acceptors (Lipinski definition) is 5. The fourth-order valence-corrected chi connectivity index (χ4v) is 3.29. The second-order valence-corrected chi connectivity index (χ2v) is 6.95. The van der Waals surface area contributed by atoms with Crippen LogP contribution in [0, 0.1) is 0 Å². The number of nitrogens with one attached hydrogen (secondary N) is 2. The first-order chi connectivity index (χ1) is 10.00. The highest BCUT2D eigenvalue weighted by Crippen LogP contribution is 2.17. The Bertz CT molecular complexity index is 613. The van der Waals surface area contributed by atoms with Crippen molar-refractivity contribution in [3.8, 4) is 0 Å². The van der Waals surface area contributed by atoms with Gasteiger partial charge in [-0.2, -0.15) is 0 Å². The van der Waals surface area contributed by atoms with Crippen molar-refractivity contribution in [1.29, 1.82) is 0 Å². The maximum absolute atomic E-state index is 11.8. The summed E-state index contributed by atoms with van der Waals surface area (Å²) in [6.07, 6.45) is 0.373. The number of ether oxygens (including phenoxy) is 1. The topological polar surface area (TPSA) is 84.5 Å². The molecule has 0 aliphatic carbocycles. The third kappa shape index (κ3) is 4.80. The molecular formula is C14H20N2O4S. The standard InChI is InChI=1S/C14H20N2O4S/c1-20-14(17)3-2-6-21(18,19)16-8-11-4-5-12-9-15-10-13(12)7-11/h4-5,7,15-16H,2-3,6,8-10H2,1H3. The van der Waals surface area contributed by atoms with E-state index in [0.717, 1.165) is 18.7 Å². The molecule has 1 aromatic rings. The Hall–Kier alpha value is -1.44. The summed E-state index contributed by atoms with van der Waals surface area (Å²) in [7, 11) is -2.08. The molecule has 0 atom stereocenters. The first-order valence-corrected chi connectivity index (χ1v) is 8.51. The van der Waals surface area contributed by atoms with Crippen molar-refractivity contribution in [2.75, 3.05) is 12.9 Å². The largest absolute Gasteiger partial charge is 0.469 e. The Morgan fingerprint density at radius 1 is 1.33 bits per heavy atom. The molecule has 2 rings (SSSR count). The molecule has 1 heterocycles. The predicted molar refractivity (Wildman–Crippen MR) is 78.9 cm³/mol. The van der Waals surface area contributed by atoms with Gasteiger partial charge in [0.05, 0.1) is 12.9 Å². The Morgan fingerprint density at radius 3 is 2.86 bits per heavy atom. The van der Waals surface area contributed by atoms with E-state index in [2.05, 4.69) is 14.8 Å². The van der Waals surface area contributed by atoms with E-state index in [1.807, 2.05) is 18.2 Å². The minimum absolute atomic E-state index is 0.0748. The average molecular weight is 312 g/mol. The average Bonchev–Trinajstić information content (AvgIpc) is 2.92. The molecule has 6 nitrogen and oxygen atoms in total. The number of benzene rings is 1. The number of carbonyl (C=O) groups excluding carboxylic acids is 1. The zero-order valence-corrected chi connectivity index (χ0v) is 12.8. The summed E-state index contributed by atoms with van der Waals surface area (Å²) >= 11 is 0. The quantitative estimate of drug-likeness (QED) is 0.723. The molecule has 0 radical (unpaired) electrons. The van der Waals surface area contributed by atoms with Gasteiger partial charge in [-0.15, -0.1) is 0 Å². The van der Waals surface area contributed by atoms with Gasteiger partial charge in [-0.05, 0) is 23.1 Å². The van der Waals surface area contributed by atoms with Gasteiger partial charge < -0.3 is 10.1 Å². The summed E-state index contributed by atoms with van der Waals surface area (Å²) in [5.41, 5.74) is 3.42. The van der Waals surface area contributed by atoms with Gasteiger partial charge in [0.25, 0.3) is 0 Å². The van der Waals surface area contributed by atoms with E-state index in [0.29, 0.717) is 0 Å². The van der Waals surface area contributed by atoms with Crippen LogP contribution in [0.15, 0.2) is 18.2 Å². The second-order valence-electron chi connectivity index (χ2n) is 5.03. The van der Waals surface area contributed by atoms with Gasteiger partial charge >= 0.3 is 5.97 Å². The Morgan fingerprint density at radius 2 is 2.10 bits per heavy atom. The summed E-state index contributed by atoms with van der Waals surface area (Å²) in [5.74, 6) is -0.467. The van der Waals surface area contributed by atoms with Crippen molar-refractivity contribution in [2.24, 2.45) is 0 Å². The second kappa shape index (κ2) is 7.02. The van der Waals surface area contributed by atoms with Crippen molar-refractivity contribution in [3.05, 3.63) is 34.9 Å². The maximum Gasteiger partial charge on any atom is 0.305 e. The van der Waals surface area contributed by atoms with Crippen molar-refractivity contribution in [3.63, 3.8) is 0 Å². The van der Waals surface area contributed by atoms with E-state index < -0.39 is 16.0 Å². The molecule has 0 amide bonds. The molecule has 0 fully saturated rings. The highest BCUT2D eigenvalue weighted by molar-refractivity contribution is 7.89. The molecule has 21 heavy (non-hydrogen) atoms. The van der Waals surface area contributed by atoms with Crippen LogP contribution < -0.4 is 10.0 Å². The summed E-state index contributed by atoms with van der Waals surface area (Å²) in [6.45, 7) is 1.97. The molecule has 1 aliphatic rings. The molecule has 7 heteroatoms. The predicted octanol–water partition coefficient (Wildman–Crippen LogP) is 0.662. The zero-order chi connectivity index (χ0) is 15.3. The first-order valence-electron chi connectivity index (χ1n) is 6.86. The molecule has 0 saturated carbocycles. The van der Waals surface area contributed by atoms with Crippen LogP contribution >= 0.6 is 0 Å². The van der Waals surface area contributed by atoms with Crippen molar-refractivity contribution >= 4 is 16.0 Å². The molecule has 1 aliphatic heterocycles. The smallest absolute Gasteiger partial charge is 0.305 e. The molecule has 0 spiro atoms. The van der Waals surface area contributed by atoms with Crippen LogP contribution in [0.3, 0.4) is 0 Å². The summed E-state index contributed by atoms with van der Waals surface area (Å²) < 4.78 is 30.7. The molecule has 0 unspecified atom stereocenters. The number of rotatable bonds is 7. The lowest BCUT2D eigenvalue weighted by Gasteiger charge is -2.08. The zero-order valence-electron chi connectivity index (χ0n) is 12.0. The van der Waals surface area contributed by atoms with E-state index in [9.17, 15) is 13.2 Å². The summed E-state index contributed by atoms with van der Waals surface area (Å²) in [6, 6.07) is 5.98. The Labute approximate surface area is 124 Å². The number of sulfonamides is 1. The van der Waals surface area contributed by atoms with E-state index in [1.165, 1.54) is 18.2 Å². The fraction of sp³-hybridized carbons (Fsp3) is 0.500. The first kappa shape index (κ1) is 15.9. The van der Waals surface area contributed by atoms with Gasteiger partial charge in [-0.25, -0.2) is 13.1 Å². The van der Waals surface area contributed by atoms with Crippen LogP contribution in [0.4, 0.5) is 0 Å². The number of carbonyl (C=O) groups is 1. The van der Waals surface area contributed by atoms with Crippen molar-refractivity contribution in [1.82, 2.24) is 10.0 Å². The van der Waals surface area contributed by atoms with Crippen LogP contribution in [-0.2, 0) is 39.2 Å². The highest BCUT2D eigenvalue weighted by atomic mass is 32.2. The van der Waals surface area contributed by atoms with E-state index in [1.54, 1.807) is 0 Å². The number of methoxy groups -OCH3 is 1. The van der Waals surface area contributed by atoms with Crippen LogP contribution in [0.25, 0.3) is 0 Å². The monoisotopic (exact) mass is 312 g/mol. The SMILES string of the molecule is COC(=O)CCCS(=O)(=O)NCc1ccc2c(c1)CNC2. The molecular weight excluding hydrogens is 292 g/mol. The van der Waals surface area contributed by atoms with Crippen LogP contribution in [-0.4, -0.2) is 27.2 Å². The van der Waals surface area contributed by atoms with Crippen molar-refractivity contribution in [2.45, 2.75) is 32.5 Å². The third-order valence-electron chi connectivity index (χ3n) is 3.42. The molecule has 0 aromatic heterocycles. The normalized spacial score (nSPS) is 14.0. The lowest BCUT2D eigenvalue weighted by atomic mass is 10.1. The minimum atomic E-state index is -3.37. The maximum atomic E-state index is 11.8. The van der Waals surface area contributed by atoms with Gasteiger partial charge in [-0.3, -0.25) is 4.79 Å². The molecule has 116 valence electrons.